The van der Waals surface area contributed by atoms with Crippen molar-refractivity contribution in [1.29, 1.82) is 0 Å². The van der Waals surface area contributed by atoms with E-state index in [2.05, 4.69) is 28.5 Å². The van der Waals surface area contributed by atoms with Gasteiger partial charge < -0.3 is 4.42 Å². The minimum atomic E-state index is 0.794. The first-order valence-electron chi connectivity index (χ1n) is 7.47. The van der Waals surface area contributed by atoms with E-state index in [0.29, 0.717) is 0 Å². The van der Waals surface area contributed by atoms with Gasteiger partial charge in [-0.25, -0.2) is 4.68 Å². The zero-order chi connectivity index (χ0) is 16.5. The minimum Gasteiger partial charge on any atom is -0.454 e. The fourth-order valence-electron chi connectivity index (χ4n) is 2.47. The molecule has 0 bridgehead atoms. The Morgan fingerprint density at radius 3 is 2.79 bits per heavy atom. The Bertz CT molecular complexity index is 1060. The highest BCUT2D eigenvalue weighted by atomic mass is 32.1. The lowest BCUT2D eigenvalue weighted by Gasteiger charge is -1.99. The number of aromatic nitrogens is 1. The lowest BCUT2D eigenvalue weighted by Crippen LogP contribution is -2.11. The summed E-state index contributed by atoms with van der Waals surface area (Å²) >= 11 is 3.23. The molecule has 0 saturated carbocycles. The summed E-state index contributed by atoms with van der Waals surface area (Å²) in [4.78, 5) is 6.30. The van der Waals surface area contributed by atoms with Gasteiger partial charge in [0.25, 0.3) is 0 Å². The Hall–Kier alpha value is -2.44. The van der Waals surface area contributed by atoms with Crippen molar-refractivity contribution in [3.8, 4) is 11.5 Å². The first-order chi connectivity index (χ1) is 11.8. The molecular formula is C18H15N3OS2. The molecule has 0 aliphatic carbocycles. The smallest absolute Gasteiger partial charge is 0.206 e. The van der Waals surface area contributed by atoms with Crippen molar-refractivity contribution < 1.29 is 4.42 Å². The van der Waals surface area contributed by atoms with E-state index in [1.54, 1.807) is 29.7 Å². The molecule has 0 spiro atoms. The second-order valence-electron chi connectivity index (χ2n) is 5.30. The van der Waals surface area contributed by atoms with Crippen molar-refractivity contribution in [3.63, 3.8) is 0 Å². The molecule has 0 amide bonds. The molecule has 3 heterocycles. The third kappa shape index (κ3) is 2.64. The average Bonchev–Trinajstić information content (AvgIpc) is 3.29. The molecule has 1 aromatic carbocycles. The number of benzene rings is 1. The van der Waals surface area contributed by atoms with Crippen LogP contribution in [0.15, 0.2) is 61.7 Å². The van der Waals surface area contributed by atoms with Crippen LogP contribution in [0.1, 0.15) is 10.4 Å². The minimum absolute atomic E-state index is 0.794. The number of nitrogens with zero attached hydrogens (tertiary/aromatic N) is 3. The van der Waals surface area contributed by atoms with Gasteiger partial charge >= 0.3 is 0 Å². The monoisotopic (exact) mass is 353 g/mol. The largest absolute Gasteiger partial charge is 0.454 e. The Balaban J connectivity index is 1.83. The fraction of sp³-hybridized carbons (Fsp3) is 0.111. The van der Waals surface area contributed by atoms with Gasteiger partial charge in [0.1, 0.15) is 11.3 Å². The van der Waals surface area contributed by atoms with Gasteiger partial charge in [0.2, 0.25) is 4.80 Å². The molecule has 0 radical (unpaired) electrons. The van der Waals surface area contributed by atoms with Crippen LogP contribution in [0.5, 0.6) is 0 Å². The third-order valence-corrected chi connectivity index (χ3v) is 5.61. The molecular weight excluding hydrogens is 338 g/mol. The highest BCUT2D eigenvalue weighted by Crippen LogP contribution is 2.28. The normalized spacial score (nSPS) is 12.7. The molecule has 24 heavy (non-hydrogen) atoms. The molecule has 4 rings (SSSR count). The van der Waals surface area contributed by atoms with E-state index in [9.17, 15) is 0 Å². The molecule has 4 nitrogen and oxygen atoms in total. The van der Waals surface area contributed by atoms with Gasteiger partial charge in [-0.2, -0.15) is 5.10 Å². The number of furan rings is 1. The van der Waals surface area contributed by atoms with Gasteiger partial charge in [0.05, 0.1) is 11.1 Å². The number of para-hydroxylation sites is 1. The zero-order valence-electron chi connectivity index (χ0n) is 13.3. The standard InChI is InChI=1S/C18H15N3OS2/c1-12-7-8-23-17(12)10-20-21-14(11-24-18(21)19-2)16-9-13-5-3-4-6-15(13)22-16/h3-11H,1-2H3. The maximum absolute atomic E-state index is 5.99. The first kappa shape index (κ1) is 15.1. The quantitative estimate of drug-likeness (QED) is 0.490. The lowest BCUT2D eigenvalue weighted by atomic mass is 10.2. The average molecular weight is 353 g/mol. The van der Waals surface area contributed by atoms with Crippen LogP contribution in [0.2, 0.25) is 0 Å². The topological polar surface area (TPSA) is 42.8 Å². The Morgan fingerprint density at radius 1 is 1.17 bits per heavy atom. The molecule has 120 valence electrons. The number of thiophene rings is 1. The van der Waals surface area contributed by atoms with E-state index in [-0.39, 0.29) is 0 Å². The van der Waals surface area contributed by atoms with Crippen molar-refractivity contribution >= 4 is 39.9 Å². The molecule has 0 unspecified atom stereocenters. The molecule has 0 saturated heterocycles. The maximum atomic E-state index is 5.99. The third-order valence-electron chi connectivity index (χ3n) is 3.75. The van der Waals surface area contributed by atoms with E-state index < -0.39 is 0 Å². The van der Waals surface area contributed by atoms with Gasteiger partial charge in [-0.15, -0.1) is 22.7 Å². The van der Waals surface area contributed by atoms with Gasteiger partial charge in [0.15, 0.2) is 5.76 Å². The summed E-state index contributed by atoms with van der Waals surface area (Å²) in [5, 5.41) is 9.82. The summed E-state index contributed by atoms with van der Waals surface area (Å²) in [6.45, 7) is 2.08. The molecule has 3 aromatic heterocycles. The van der Waals surface area contributed by atoms with E-state index in [1.807, 2.05) is 46.6 Å². The van der Waals surface area contributed by atoms with Crippen LogP contribution >= 0.6 is 22.7 Å². The molecule has 0 fully saturated rings. The Labute approximate surface area is 147 Å². The van der Waals surface area contributed by atoms with Crippen molar-refractivity contribution in [1.82, 2.24) is 4.68 Å². The summed E-state index contributed by atoms with van der Waals surface area (Å²) < 4.78 is 7.82. The molecule has 6 heteroatoms. The zero-order valence-corrected chi connectivity index (χ0v) is 14.9. The second kappa shape index (κ2) is 6.22. The van der Waals surface area contributed by atoms with Gasteiger partial charge in [-0.05, 0) is 36.1 Å². The van der Waals surface area contributed by atoms with E-state index in [4.69, 9.17) is 4.42 Å². The number of aryl methyl sites for hydroxylation is 1. The second-order valence-corrected chi connectivity index (χ2v) is 7.08. The Morgan fingerprint density at radius 2 is 2.04 bits per heavy atom. The molecule has 0 aliphatic rings. The van der Waals surface area contributed by atoms with Gasteiger partial charge in [-0.3, -0.25) is 4.99 Å². The van der Waals surface area contributed by atoms with Crippen LogP contribution < -0.4 is 4.80 Å². The molecule has 0 aliphatic heterocycles. The van der Waals surface area contributed by atoms with Crippen LogP contribution in [-0.2, 0) is 0 Å². The van der Waals surface area contributed by atoms with E-state index >= 15 is 0 Å². The van der Waals surface area contributed by atoms with Crippen LogP contribution in [0.4, 0.5) is 0 Å². The predicted octanol–water partition coefficient (Wildman–Crippen LogP) is 4.75. The number of rotatable bonds is 3. The van der Waals surface area contributed by atoms with Crippen LogP contribution in [0, 0.1) is 6.92 Å². The number of hydrogen-bond acceptors (Lipinski definition) is 5. The van der Waals surface area contributed by atoms with Gasteiger partial charge in [0, 0.05) is 17.8 Å². The highest BCUT2D eigenvalue weighted by molar-refractivity contribution is 7.11. The summed E-state index contributed by atoms with van der Waals surface area (Å²) in [6.07, 6.45) is 1.88. The SMILES string of the molecule is CN=c1scc(-c2cc3ccccc3o2)n1N=Cc1sccc1C. The summed E-state index contributed by atoms with van der Waals surface area (Å²) in [6, 6.07) is 12.1. The van der Waals surface area contributed by atoms with Crippen molar-refractivity contribution in [2.75, 3.05) is 7.05 Å². The molecule has 0 N–H and O–H groups in total. The predicted molar refractivity (Wildman–Crippen MR) is 101 cm³/mol. The lowest BCUT2D eigenvalue weighted by molar-refractivity contribution is 0.622. The number of fused-ring (bicyclic) bond motifs is 1. The maximum Gasteiger partial charge on any atom is 0.206 e. The Kier molecular flexibility index (Phi) is 3.92. The fourth-order valence-corrected chi connectivity index (χ4v) is 4.03. The van der Waals surface area contributed by atoms with Crippen LogP contribution in [0.3, 0.4) is 0 Å². The van der Waals surface area contributed by atoms with Crippen LogP contribution in [-0.4, -0.2) is 17.9 Å². The number of thiazole rings is 1. The van der Waals surface area contributed by atoms with Crippen molar-refractivity contribution in [2.45, 2.75) is 6.92 Å². The van der Waals surface area contributed by atoms with Gasteiger partial charge in [-0.1, -0.05) is 18.2 Å². The molecule has 0 atom stereocenters. The van der Waals surface area contributed by atoms with Crippen molar-refractivity contribution in [3.05, 3.63) is 62.4 Å². The molecule has 4 aromatic rings. The highest BCUT2D eigenvalue weighted by Gasteiger charge is 2.12. The number of hydrogen-bond donors (Lipinski definition) is 0. The summed E-state index contributed by atoms with van der Waals surface area (Å²) in [7, 11) is 1.77. The van der Waals surface area contributed by atoms with E-state index in [1.165, 1.54) is 5.56 Å². The van der Waals surface area contributed by atoms with E-state index in [0.717, 1.165) is 32.1 Å². The van der Waals surface area contributed by atoms with Crippen LogP contribution in [0.25, 0.3) is 22.4 Å². The summed E-state index contributed by atoms with van der Waals surface area (Å²) in [5.74, 6) is 0.794. The first-order valence-corrected chi connectivity index (χ1v) is 9.23. The summed E-state index contributed by atoms with van der Waals surface area (Å²) in [5.41, 5.74) is 3.00. The van der Waals surface area contributed by atoms with Crippen molar-refractivity contribution in [2.24, 2.45) is 10.1 Å².